The summed E-state index contributed by atoms with van der Waals surface area (Å²) in [6.07, 6.45) is 4.52. The normalized spacial score (nSPS) is 19.9. The number of hydrogen-bond donors (Lipinski definition) is 1. The van der Waals surface area contributed by atoms with E-state index in [4.69, 9.17) is 5.26 Å². The Morgan fingerprint density at radius 1 is 1.58 bits per heavy atom. The van der Waals surface area contributed by atoms with Gasteiger partial charge in [0.25, 0.3) is 5.56 Å². The molecule has 1 aliphatic rings. The van der Waals surface area contributed by atoms with E-state index in [1.807, 2.05) is 16.8 Å². The van der Waals surface area contributed by atoms with Gasteiger partial charge in [0, 0.05) is 38.8 Å². The third-order valence-electron chi connectivity index (χ3n) is 3.66. The summed E-state index contributed by atoms with van der Waals surface area (Å²) < 4.78 is 1.82. The maximum atomic E-state index is 12.2. The number of likely N-dealkylation sites (tertiary alicyclic amines) is 1. The summed E-state index contributed by atoms with van der Waals surface area (Å²) in [6.45, 7) is 2.68. The molecule has 1 aromatic heterocycles. The van der Waals surface area contributed by atoms with Crippen LogP contribution in [0.15, 0.2) is 23.1 Å². The quantitative estimate of drug-likeness (QED) is 0.890. The van der Waals surface area contributed by atoms with E-state index in [1.165, 1.54) is 0 Å². The van der Waals surface area contributed by atoms with Crippen molar-refractivity contribution in [2.75, 3.05) is 32.0 Å². The second kappa shape index (κ2) is 6.39. The van der Waals surface area contributed by atoms with Crippen molar-refractivity contribution in [1.82, 2.24) is 9.47 Å². The highest BCUT2D eigenvalue weighted by Gasteiger charge is 2.21. The van der Waals surface area contributed by atoms with E-state index in [-0.39, 0.29) is 11.6 Å². The van der Waals surface area contributed by atoms with Gasteiger partial charge in [-0.3, -0.25) is 4.79 Å². The van der Waals surface area contributed by atoms with Crippen molar-refractivity contribution in [3.8, 4) is 6.07 Å². The van der Waals surface area contributed by atoms with Gasteiger partial charge in [0.2, 0.25) is 0 Å². The van der Waals surface area contributed by atoms with Crippen LogP contribution >= 0.6 is 0 Å². The lowest BCUT2D eigenvalue weighted by molar-refractivity contribution is 0.178. The minimum absolute atomic E-state index is 0.0390. The molecule has 0 bridgehead atoms. The van der Waals surface area contributed by atoms with E-state index >= 15 is 0 Å². The molecule has 102 valence electrons. The lowest BCUT2D eigenvalue weighted by Crippen LogP contribution is -2.40. The molecule has 0 aliphatic carbocycles. The number of pyridine rings is 1. The molecule has 1 aromatic rings. The average molecular weight is 260 g/mol. The highest BCUT2D eigenvalue weighted by Crippen LogP contribution is 2.20. The molecule has 19 heavy (non-hydrogen) atoms. The summed E-state index contributed by atoms with van der Waals surface area (Å²) in [5.41, 5.74) is 0.675. The molecule has 1 aliphatic heterocycles. The van der Waals surface area contributed by atoms with Gasteiger partial charge in [-0.2, -0.15) is 5.26 Å². The van der Waals surface area contributed by atoms with Gasteiger partial charge in [0.05, 0.1) is 6.07 Å². The summed E-state index contributed by atoms with van der Waals surface area (Å²) in [5.74, 6) is 0. The number of piperidine rings is 1. The van der Waals surface area contributed by atoms with Crippen LogP contribution in [-0.2, 0) is 0 Å². The van der Waals surface area contributed by atoms with Gasteiger partial charge >= 0.3 is 0 Å². The number of anilines is 1. The molecule has 1 unspecified atom stereocenters. The molecule has 5 heteroatoms. The second-order valence-corrected chi connectivity index (χ2v) is 4.89. The predicted molar refractivity (Wildman–Crippen MR) is 75.2 cm³/mol. The number of hydrogen-bond acceptors (Lipinski definition) is 4. The maximum Gasteiger partial charge on any atom is 0.274 e. The molecule has 1 saturated heterocycles. The SMILES string of the molecule is CNc1cccn(C2CCCN(CCC#N)C2)c1=O. The van der Waals surface area contributed by atoms with E-state index in [0.29, 0.717) is 12.1 Å². The Morgan fingerprint density at radius 2 is 2.42 bits per heavy atom. The van der Waals surface area contributed by atoms with Gasteiger partial charge in [0.1, 0.15) is 5.69 Å². The Labute approximate surface area is 113 Å². The van der Waals surface area contributed by atoms with E-state index in [2.05, 4.69) is 16.3 Å². The van der Waals surface area contributed by atoms with Gasteiger partial charge in [-0.05, 0) is 31.5 Å². The third-order valence-corrected chi connectivity index (χ3v) is 3.66. The van der Waals surface area contributed by atoms with E-state index < -0.39 is 0 Å². The molecule has 2 rings (SSSR count). The lowest BCUT2D eigenvalue weighted by Gasteiger charge is -2.33. The molecule has 0 radical (unpaired) electrons. The van der Waals surface area contributed by atoms with Gasteiger partial charge in [0.15, 0.2) is 0 Å². The Kier molecular flexibility index (Phi) is 4.58. The molecule has 2 heterocycles. The van der Waals surface area contributed by atoms with Crippen LogP contribution < -0.4 is 10.9 Å². The van der Waals surface area contributed by atoms with Crippen LogP contribution in [0.4, 0.5) is 5.69 Å². The van der Waals surface area contributed by atoms with Crippen LogP contribution in [-0.4, -0.2) is 36.1 Å². The first-order valence-corrected chi connectivity index (χ1v) is 6.74. The van der Waals surface area contributed by atoms with E-state index in [1.54, 1.807) is 13.1 Å². The van der Waals surface area contributed by atoms with Crippen LogP contribution in [0.3, 0.4) is 0 Å². The zero-order chi connectivity index (χ0) is 13.7. The van der Waals surface area contributed by atoms with Crippen molar-refractivity contribution >= 4 is 5.69 Å². The van der Waals surface area contributed by atoms with Gasteiger partial charge in [-0.1, -0.05) is 0 Å². The first-order chi connectivity index (χ1) is 9.26. The number of nitrogens with zero attached hydrogens (tertiary/aromatic N) is 3. The van der Waals surface area contributed by atoms with Crippen LogP contribution in [0.25, 0.3) is 0 Å². The molecular formula is C14H20N4O. The standard InChI is InChI=1S/C14H20N4O/c1-16-13-6-3-10-18(14(13)19)12-5-2-8-17(11-12)9-4-7-15/h3,6,10,12,16H,2,4-5,8-9,11H2,1H3. The lowest BCUT2D eigenvalue weighted by atomic mass is 10.0. The molecule has 0 saturated carbocycles. The van der Waals surface area contributed by atoms with E-state index in [0.717, 1.165) is 32.5 Å². The molecule has 1 atom stereocenters. The highest BCUT2D eigenvalue weighted by atomic mass is 16.1. The van der Waals surface area contributed by atoms with Gasteiger partial charge in [-0.25, -0.2) is 0 Å². The number of nitrogens with one attached hydrogen (secondary N) is 1. The van der Waals surface area contributed by atoms with Crippen LogP contribution in [0.1, 0.15) is 25.3 Å². The first-order valence-electron chi connectivity index (χ1n) is 6.74. The Morgan fingerprint density at radius 3 is 3.16 bits per heavy atom. The van der Waals surface area contributed by atoms with Crippen LogP contribution in [0.5, 0.6) is 0 Å². The summed E-state index contributed by atoms with van der Waals surface area (Å²) in [7, 11) is 1.77. The summed E-state index contributed by atoms with van der Waals surface area (Å²) >= 11 is 0. The Hall–Kier alpha value is -1.80. The zero-order valence-electron chi connectivity index (χ0n) is 11.3. The van der Waals surface area contributed by atoms with Crippen LogP contribution in [0, 0.1) is 11.3 Å². The molecule has 5 nitrogen and oxygen atoms in total. The fourth-order valence-corrected chi connectivity index (χ4v) is 2.66. The average Bonchev–Trinajstić information content (AvgIpc) is 2.45. The molecule has 0 amide bonds. The molecular weight excluding hydrogens is 240 g/mol. The highest BCUT2D eigenvalue weighted by molar-refractivity contribution is 5.39. The van der Waals surface area contributed by atoms with Crippen molar-refractivity contribution in [2.24, 2.45) is 0 Å². The van der Waals surface area contributed by atoms with E-state index in [9.17, 15) is 4.79 Å². The number of nitriles is 1. The molecule has 1 N–H and O–H groups in total. The summed E-state index contributed by atoms with van der Waals surface area (Å²) in [6, 6.07) is 6.10. The maximum absolute atomic E-state index is 12.2. The van der Waals surface area contributed by atoms with Gasteiger partial charge in [-0.15, -0.1) is 0 Å². The minimum atomic E-state index is 0.0390. The fourth-order valence-electron chi connectivity index (χ4n) is 2.66. The summed E-state index contributed by atoms with van der Waals surface area (Å²) in [4.78, 5) is 14.5. The van der Waals surface area contributed by atoms with Crippen molar-refractivity contribution < 1.29 is 0 Å². The fraction of sp³-hybridized carbons (Fsp3) is 0.571. The van der Waals surface area contributed by atoms with Crippen LogP contribution in [0.2, 0.25) is 0 Å². The summed E-state index contributed by atoms with van der Waals surface area (Å²) in [5, 5.41) is 11.6. The van der Waals surface area contributed by atoms with Crippen molar-refractivity contribution in [1.29, 1.82) is 5.26 Å². The number of aromatic nitrogens is 1. The molecule has 1 fully saturated rings. The van der Waals surface area contributed by atoms with Crippen molar-refractivity contribution in [2.45, 2.75) is 25.3 Å². The monoisotopic (exact) mass is 260 g/mol. The topological polar surface area (TPSA) is 61.1 Å². The molecule has 0 aromatic carbocycles. The Bertz CT molecular complexity index is 517. The zero-order valence-corrected chi connectivity index (χ0v) is 11.3. The third kappa shape index (κ3) is 3.15. The van der Waals surface area contributed by atoms with Gasteiger partial charge < -0.3 is 14.8 Å². The predicted octanol–water partition coefficient (Wildman–Crippen LogP) is 1.44. The van der Waals surface area contributed by atoms with Crippen molar-refractivity contribution in [3.05, 3.63) is 28.7 Å². The molecule has 0 spiro atoms. The largest absolute Gasteiger partial charge is 0.384 e. The smallest absolute Gasteiger partial charge is 0.274 e. The Balaban J connectivity index is 2.13. The second-order valence-electron chi connectivity index (χ2n) is 4.89. The number of rotatable bonds is 4. The van der Waals surface area contributed by atoms with Crippen molar-refractivity contribution in [3.63, 3.8) is 0 Å². The minimum Gasteiger partial charge on any atom is -0.384 e. The first kappa shape index (κ1) is 13.6.